The quantitative estimate of drug-likeness (QED) is 0.773. The van der Waals surface area contributed by atoms with Crippen LogP contribution in [0.1, 0.15) is 13.3 Å². The van der Waals surface area contributed by atoms with Gasteiger partial charge < -0.3 is 14.6 Å². The lowest BCUT2D eigenvalue weighted by Crippen LogP contribution is -2.33. The highest BCUT2D eigenvalue weighted by molar-refractivity contribution is 5.72. The van der Waals surface area contributed by atoms with Gasteiger partial charge in [0.2, 0.25) is 0 Å². The molecule has 0 aliphatic carbocycles. The molecule has 0 aromatic carbocycles. The minimum atomic E-state index is -0.991. The first-order chi connectivity index (χ1) is 7.56. The van der Waals surface area contributed by atoms with Gasteiger partial charge in [-0.25, -0.2) is 4.98 Å². The van der Waals surface area contributed by atoms with E-state index in [1.807, 2.05) is 6.92 Å². The first-order valence-corrected chi connectivity index (χ1v) is 5.04. The van der Waals surface area contributed by atoms with Gasteiger partial charge in [-0.3, -0.25) is 9.59 Å². The summed E-state index contributed by atoms with van der Waals surface area (Å²) in [6.07, 6.45) is 3.95. The highest BCUT2D eigenvalue weighted by Gasteiger charge is 2.11. The third kappa shape index (κ3) is 2.82. The van der Waals surface area contributed by atoms with Crippen LogP contribution in [0.4, 0.5) is 5.82 Å². The predicted octanol–water partition coefficient (Wildman–Crippen LogP) is 0.174. The van der Waals surface area contributed by atoms with E-state index in [0.717, 1.165) is 6.42 Å². The molecular weight excluding hydrogens is 210 g/mol. The van der Waals surface area contributed by atoms with Crippen molar-refractivity contribution in [3.05, 3.63) is 22.7 Å². The third-order valence-corrected chi connectivity index (χ3v) is 2.09. The fourth-order valence-electron chi connectivity index (χ4n) is 1.39. The molecule has 0 saturated heterocycles. The molecule has 16 heavy (non-hydrogen) atoms. The van der Waals surface area contributed by atoms with Crippen LogP contribution in [0.2, 0.25) is 0 Å². The van der Waals surface area contributed by atoms with Gasteiger partial charge in [0.1, 0.15) is 6.54 Å². The number of hydrogen-bond donors (Lipinski definition) is 1. The Balaban J connectivity index is 3.00. The van der Waals surface area contributed by atoms with Gasteiger partial charge in [0.15, 0.2) is 5.82 Å². The van der Waals surface area contributed by atoms with Crippen molar-refractivity contribution in [2.24, 2.45) is 0 Å². The summed E-state index contributed by atoms with van der Waals surface area (Å²) < 4.78 is 1.53. The Bertz CT molecular complexity index is 428. The van der Waals surface area contributed by atoms with Crippen LogP contribution < -0.4 is 10.5 Å². The lowest BCUT2D eigenvalue weighted by Gasteiger charge is -2.15. The number of likely N-dealkylation sites (N-methyl/N-ethyl adjacent to an activating group) is 1. The van der Waals surface area contributed by atoms with Crippen LogP contribution in [0.5, 0.6) is 0 Å². The van der Waals surface area contributed by atoms with Gasteiger partial charge >= 0.3 is 5.97 Å². The minimum absolute atomic E-state index is 0.165. The van der Waals surface area contributed by atoms with E-state index in [1.165, 1.54) is 22.7 Å². The number of carboxylic acids is 1. The van der Waals surface area contributed by atoms with Crippen LogP contribution >= 0.6 is 0 Å². The minimum Gasteiger partial charge on any atom is -0.480 e. The van der Waals surface area contributed by atoms with Gasteiger partial charge in [0, 0.05) is 26.0 Å². The first-order valence-electron chi connectivity index (χ1n) is 5.04. The van der Waals surface area contributed by atoms with Crippen LogP contribution in [0.25, 0.3) is 0 Å². The van der Waals surface area contributed by atoms with Gasteiger partial charge in [-0.1, -0.05) is 6.92 Å². The molecule has 0 saturated carbocycles. The third-order valence-electron chi connectivity index (χ3n) is 2.09. The molecule has 0 aliphatic rings. The average molecular weight is 225 g/mol. The summed E-state index contributed by atoms with van der Waals surface area (Å²) >= 11 is 0. The summed E-state index contributed by atoms with van der Waals surface area (Å²) in [6, 6.07) is 0. The normalized spacial score (nSPS) is 10.1. The molecule has 6 nitrogen and oxygen atoms in total. The zero-order valence-electron chi connectivity index (χ0n) is 9.38. The second-order valence-electron chi connectivity index (χ2n) is 3.50. The molecule has 0 unspecified atom stereocenters. The maximum absolute atomic E-state index is 11.8. The number of aromatic nitrogens is 2. The molecule has 0 aliphatic heterocycles. The first kappa shape index (κ1) is 12.2. The lowest BCUT2D eigenvalue weighted by molar-refractivity contribution is -0.135. The molecule has 1 heterocycles. The Morgan fingerprint density at radius 3 is 2.88 bits per heavy atom. The molecule has 0 atom stereocenters. The largest absolute Gasteiger partial charge is 0.480 e. The molecule has 88 valence electrons. The monoisotopic (exact) mass is 225 g/mol. The Morgan fingerprint density at radius 2 is 2.31 bits per heavy atom. The molecule has 0 bridgehead atoms. The summed E-state index contributed by atoms with van der Waals surface area (Å²) in [5, 5.41) is 8.63. The van der Waals surface area contributed by atoms with Crippen molar-refractivity contribution in [3.63, 3.8) is 0 Å². The molecule has 6 heteroatoms. The molecule has 0 radical (unpaired) electrons. The smallest absolute Gasteiger partial charge is 0.323 e. The second kappa shape index (κ2) is 5.29. The van der Waals surface area contributed by atoms with Crippen molar-refractivity contribution in [1.82, 2.24) is 9.55 Å². The number of aryl methyl sites for hydroxylation is 1. The zero-order valence-corrected chi connectivity index (χ0v) is 9.38. The van der Waals surface area contributed by atoms with Crippen molar-refractivity contribution < 1.29 is 9.90 Å². The van der Waals surface area contributed by atoms with Crippen molar-refractivity contribution in [2.75, 3.05) is 18.5 Å². The number of rotatable bonds is 5. The van der Waals surface area contributed by atoms with E-state index in [0.29, 0.717) is 6.54 Å². The summed E-state index contributed by atoms with van der Waals surface area (Å²) in [7, 11) is 1.54. The standard InChI is InChI=1S/C10H15N3O3/c1-3-5-13-6-4-11-9(10(13)16)12(2)7-8(14)15/h4,6H,3,5,7H2,1-2H3,(H,14,15). The van der Waals surface area contributed by atoms with E-state index in [9.17, 15) is 9.59 Å². The Labute approximate surface area is 93.1 Å². The molecule has 1 aromatic heterocycles. The number of aliphatic carboxylic acids is 1. The zero-order chi connectivity index (χ0) is 12.1. The molecule has 0 fully saturated rings. The molecule has 1 rings (SSSR count). The second-order valence-corrected chi connectivity index (χ2v) is 3.50. The highest BCUT2D eigenvalue weighted by Crippen LogP contribution is 2.00. The van der Waals surface area contributed by atoms with Gasteiger partial charge in [-0.15, -0.1) is 0 Å². The van der Waals surface area contributed by atoms with Crippen LogP contribution in [0.15, 0.2) is 17.2 Å². The van der Waals surface area contributed by atoms with Crippen molar-refractivity contribution in [3.8, 4) is 0 Å². The van der Waals surface area contributed by atoms with Crippen LogP contribution in [0, 0.1) is 0 Å². The summed E-state index contributed by atoms with van der Waals surface area (Å²) in [5.41, 5.74) is -0.256. The molecular formula is C10H15N3O3. The Kier molecular flexibility index (Phi) is 4.04. The number of hydrogen-bond acceptors (Lipinski definition) is 4. The van der Waals surface area contributed by atoms with E-state index in [-0.39, 0.29) is 17.9 Å². The average Bonchev–Trinajstić information content (AvgIpc) is 2.20. The predicted molar refractivity (Wildman–Crippen MR) is 59.7 cm³/mol. The van der Waals surface area contributed by atoms with Crippen molar-refractivity contribution in [1.29, 1.82) is 0 Å². The fraction of sp³-hybridized carbons (Fsp3) is 0.500. The molecule has 1 N–H and O–H groups in total. The maximum atomic E-state index is 11.8. The number of carbonyl (C=O) groups is 1. The molecule has 0 amide bonds. The number of nitrogens with zero attached hydrogens (tertiary/aromatic N) is 3. The van der Waals surface area contributed by atoms with Crippen molar-refractivity contribution in [2.45, 2.75) is 19.9 Å². The van der Waals surface area contributed by atoms with E-state index in [1.54, 1.807) is 6.20 Å². The highest BCUT2D eigenvalue weighted by atomic mass is 16.4. The summed E-state index contributed by atoms with van der Waals surface area (Å²) in [5.74, 6) is -0.826. The van der Waals surface area contributed by atoms with Crippen LogP contribution in [-0.4, -0.2) is 34.2 Å². The van der Waals surface area contributed by atoms with Gasteiger partial charge in [-0.2, -0.15) is 0 Å². The number of anilines is 1. The lowest BCUT2D eigenvalue weighted by atomic mass is 10.4. The van der Waals surface area contributed by atoms with Gasteiger partial charge in [0.05, 0.1) is 0 Å². The SMILES string of the molecule is CCCn1ccnc(N(C)CC(=O)O)c1=O. The fourth-order valence-corrected chi connectivity index (χ4v) is 1.39. The van der Waals surface area contributed by atoms with E-state index < -0.39 is 5.97 Å². The Hall–Kier alpha value is -1.85. The molecule has 0 spiro atoms. The van der Waals surface area contributed by atoms with E-state index in [4.69, 9.17) is 5.11 Å². The summed E-state index contributed by atoms with van der Waals surface area (Å²) in [6.45, 7) is 2.33. The summed E-state index contributed by atoms with van der Waals surface area (Å²) in [4.78, 5) is 27.6. The van der Waals surface area contributed by atoms with Gasteiger partial charge in [0.25, 0.3) is 5.56 Å². The van der Waals surface area contributed by atoms with Crippen molar-refractivity contribution >= 4 is 11.8 Å². The van der Waals surface area contributed by atoms with E-state index >= 15 is 0 Å². The Morgan fingerprint density at radius 1 is 1.62 bits per heavy atom. The topological polar surface area (TPSA) is 75.4 Å². The van der Waals surface area contributed by atoms with E-state index in [2.05, 4.69) is 4.98 Å². The van der Waals surface area contributed by atoms with Crippen LogP contribution in [0.3, 0.4) is 0 Å². The van der Waals surface area contributed by atoms with Crippen LogP contribution in [-0.2, 0) is 11.3 Å². The van der Waals surface area contributed by atoms with Gasteiger partial charge in [-0.05, 0) is 6.42 Å². The molecule has 1 aromatic rings. The number of carboxylic acid groups (broad SMARTS) is 1. The maximum Gasteiger partial charge on any atom is 0.323 e.